The van der Waals surface area contributed by atoms with Crippen molar-refractivity contribution in [1.82, 2.24) is 10.1 Å². The molecular weight excluding hydrogens is 377 g/mol. The van der Waals surface area contributed by atoms with Gasteiger partial charge in [0, 0.05) is 13.0 Å². The first-order valence-corrected chi connectivity index (χ1v) is 9.11. The molecule has 1 amide bonds. The molecule has 0 saturated heterocycles. The number of nitrogens with zero attached hydrogens (tertiary/aromatic N) is 2. The van der Waals surface area contributed by atoms with E-state index in [1.807, 2.05) is 0 Å². The molecule has 0 saturated carbocycles. The van der Waals surface area contributed by atoms with E-state index in [0.717, 1.165) is 5.56 Å². The third kappa shape index (κ3) is 3.49. The smallest absolute Gasteiger partial charge is 0.258 e. The van der Waals surface area contributed by atoms with Crippen LogP contribution in [0, 0.1) is 5.82 Å². The van der Waals surface area contributed by atoms with Gasteiger partial charge in [-0.25, -0.2) is 4.39 Å². The number of hydrogen-bond acceptors (Lipinski definition) is 6. The van der Waals surface area contributed by atoms with E-state index in [1.54, 1.807) is 41.3 Å². The highest BCUT2D eigenvalue weighted by atomic mass is 19.1. The molecule has 1 aromatic heterocycles. The molecule has 0 aliphatic carbocycles. The van der Waals surface area contributed by atoms with Crippen LogP contribution in [0.3, 0.4) is 0 Å². The molecule has 4 rings (SSSR count). The first-order valence-electron chi connectivity index (χ1n) is 9.11. The van der Waals surface area contributed by atoms with Crippen molar-refractivity contribution in [2.24, 2.45) is 0 Å². The van der Waals surface area contributed by atoms with Crippen LogP contribution in [-0.2, 0) is 13.0 Å². The third-order valence-corrected chi connectivity index (χ3v) is 4.87. The Hall–Kier alpha value is -3.55. The number of amides is 1. The lowest BCUT2D eigenvalue weighted by Crippen LogP contribution is -2.36. The van der Waals surface area contributed by atoms with Gasteiger partial charge < -0.3 is 24.2 Å². The van der Waals surface area contributed by atoms with E-state index >= 15 is 0 Å². The summed E-state index contributed by atoms with van der Waals surface area (Å²) in [4.78, 5) is 14.8. The van der Waals surface area contributed by atoms with Crippen molar-refractivity contribution in [2.45, 2.75) is 13.0 Å². The van der Waals surface area contributed by atoms with Gasteiger partial charge in [0.1, 0.15) is 11.6 Å². The summed E-state index contributed by atoms with van der Waals surface area (Å²) < 4.78 is 30.1. The Morgan fingerprint density at radius 1 is 1.17 bits per heavy atom. The number of methoxy groups -OCH3 is 2. The second-order valence-corrected chi connectivity index (χ2v) is 6.56. The predicted octanol–water partition coefficient (Wildman–Crippen LogP) is 3.77. The van der Waals surface area contributed by atoms with E-state index in [2.05, 4.69) is 10.5 Å². The predicted molar refractivity (Wildman–Crippen MR) is 104 cm³/mol. The minimum absolute atomic E-state index is 0.190. The van der Waals surface area contributed by atoms with Gasteiger partial charge in [-0.15, -0.1) is 0 Å². The van der Waals surface area contributed by atoms with Gasteiger partial charge in [0.15, 0.2) is 17.3 Å². The van der Waals surface area contributed by atoms with Crippen molar-refractivity contribution in [3.8, 4) is 11.5 Å². The second kappa shape index (κ2) is 7.83. The minimum atomic E-state index is -0.394. The number of halogens is 1. The maximum Gasteiger partial charge on any atom is 0.258 e. The topological polar surface area (TPSA) is 76.8 Å². The van der Waals surface area contributed by atoms with Crippen LogP contribution >= 0.6 is 0 Å². The third-order valence-electron chi connectivity index (χ3n) is 4.87. The Kier molecular flexibility index (Phi) is 5.07. The normalized spacial score (nSPS) is 13.0. The summed E-state index contributed by atoms with van der Waals surface area (Å²) >= 11 is 0. The first kappa shape index (κ1) is 18.8. The average Bonchev–Trinajstić information content (AvgIpc) is 3.16. The molecule has 1 N–H and O–H groups in total. The second-order valence-electron chi connectivity index (χ2n) is 6.56. The van der Waals surface area contributed by atoms with E-state index in [-0.39, 0.29) is 12.5 Å². The summed E-state index contributed by atoms with van der Waals surface area (Å²) in [6, 6.07) is 11.5. The molecule has 2 aromatic carbocycles. The Morgan fingerprint density at radius 2 is 2.00 bits per heavy atom. The fourth-order valence-electron chi connectivity index (χ4n) is 3.40. The van der Waals surface area contributed by atoms with Crippen LogP contribution in [0.15, 0.2) is 47.0 Å². The molecule has 3 aromatic rings. The Morgan fingerprint density at radius 3 is 2.76 bits per heavy atom. The van der Waals surface area contributed by atoms with Gasteiger partial charge in [-0.2, -0.15) is 0 Å². The fraction of sp³-hybridized carbons (Fsp3) is 0.238. The molecule has 0 unspecified atom stereocenters. The fourth-order valence-corrected chi connectivity index (χ4v) is 3.40. The number of rotatable bonds is 5. The molecule has 7 nitrogen and oxygen atoms in total. The van der Waals surface area contributed by atoms with E-state index in [4.69, 9.17) is 14.0 Å². The Labute approximate surface area is 167 Å². The molecule has 0 radical (unpaired) electrons. The van der Waals surface area contributed by atoms with Gasteiger partial charge in [0.2, 0.25) is 0 Å². The van der Waals surface area contributed by atoms with E-state index < -0.39 is 5.82 Å². The highest BCUT2D eigenvalue weighted by Gasteiger charge is 2.30. The summed E-state index contributed by atoms with van der Waals surface area (Å²) in [6.45, 7) is 0.759. The van der Waals surface area contributed by atoms with E-state index in [9.17, 15) is 9.18 Å². The Bertz CT molecular complexity index is 1050. The standard InChI is InChI=1S/C21H20FN3O4/c1-27-18-9-5-6-13(19(18)28-2)21(26)25-11-10-17-14(12-25)20(24-29-17)23-16-8-4-3-7-15(16)22/h3-9H,10-12H2,1-2H3,(H,23,24). The van der Waals surface area contributed by atoms with Gasteiger partial charge in [0.05, 0.1) is 37.6 Å². The molecule has 150 valence electrons. The van der Waals surface area contributed by atoms with Crippen LogP contribution < -0.4 is 14.8 Å². The van der Waals surface area contributed by atoms with Crippen molar-refractivity contribution in [2.75, 3.05) is 26.1 Å². The van der Waals surface area contributed by atoms with Crippen molar-refractivity contribution < 1.29 is 23.2 Å². The largest absolute Gasteiger partial charge is 0.493 e. The summed E-state index contributed by atoms with van der Waals surface area (Å²) in [7, 11) is 3.02. The minimum Gasteiger partial charge on any atom is -0.493 e. The van der Waals surface area contributed by atoms with Crippen LogP contribution in [0.4, 0.5) is 15.9 Å². The number of carbonyl (C=O) groups excluding carboxylic acids is 1. The van der Waals surface area contributed by atoms with Crippen LogP contribution in [0.1, 0.15) is 21.7 Å². The van der Waals surface area contributed by atoms with Crippen molar-refractivity contribution in [3.05, 3.63) is 65.2 Å². The Balaban J connectivity index is 1.60. The molecule has 2 heterocycles. The van der Waals surface area contributed by atoms with Crippen LogP contribution in [0.25, 0.3) is 0 Å². The maximum atomic E-state index is 14.0. The molecule has 1 aliphatic rings. The van der Waals surface area contributed by atoms with E-state index in [0.29, 0.717) is 47.3 Å². The van der Waals surface area contributed by atoms with Gasteiger partial charge in [0.25, 0.3) is 5.91 Å². The average molecular weight is 397 g/mol. The molecule has 1 aliphatic heterocycles. The van der Waals surface area contributed by atoms with Crippen molar-refractivity contribution >= 4 is 17.4 Å². The monoisotopic (exact) mass is 397 g/mol. The highest BCUT2D eigenvalue weighted by molar-refractivity contribution is 5.98. The maximum absolute atomic E-state index is 14.0. The number of ether oxygens (including phenoxy) is 2. The molecule has 8 heteroatoms. The zero-order valence-corrected chi connectivity index (χ0v) is 16.1. The van der Waals surface area contributed by atoms with Crippen LogP contribution in [0.2, 0.25) is 0 Å². The lowest BCUT2D eigenvalue weighted by Gasteiger charge is -2.27. The number of benzene rings is 2. The molecule has 0 bridgehead atoms. The molecule has 0 fully saturated rings. The highest BCUT2D eigenvalue weighted by Crippen LogP contribution is 2.34. The number of carbonyl (C=O) groups is 1. The number of hydrogen-bond donors (Lipinski definition) is 1. The van der Waals surface area contributed by atoms with Gasteiger partial charge in [-0.05, 0) is 24.3 Å². The van der Waals surface area contributed by atoms with Crippen LogP contribution in [0.5, 0.6) is 11.5 Å². The van der Waals surface area contributed by atoms with Crippen LogP contribution in [-0.4, -0.2) is 36.7 Å². The summed E-state index contributed by atoms with van der Waals surface area (Å²) in [6.07, 6.45) is 0.513. The summed E-state index contributed by atoms with van der Waals surface area (Å²) in [5, 5.41) is 6.98. The first-order chi connectivity index (χ1) is 14.1. The molecular formula is C21H20FN3O4. The molecule has 29 heavy (non-hydrogen) atoms. The number of aromatic nitrogens is 1. The summed E-state index contributed by atoms with van der Waals surface area (Å²) in [5.41, 5.74) is 1.44. The SMILES string of the molecule is COc1cccc(C(=O)N2CCc3onc(Nc4ccccc4F)c3C2)c1OC. The zero-order chi connectivity index (χ0) is 20.4. The number of para-hydroxylation sites is 2. The number of anilines is 2. The van der Waals surface area contributed by atoms with Gasteiger partial charge in [-0.3, -0.25) is 4.79 Å². The lowest BCUT2D eigenvalue weighted by atomic mass is 10.1. The van der Waals surface area contributed by atoms with Gasteiger partial charge in [-0.1, -0.05) is 23.4 Å². The summed E-state index contributed by atoms with van der Waals surface area (Å²) in [5.74, 6) is 1.38. The van der Waals surface area contributed by atoms with Crippen molar-refractivity contribution in [1.29, 1.82) is 0 Å². The zero-order valence-electron chi connectivity index (χ0n) is 16.1. The number of nitrogens with one attached hydrogen (secondary N) is 1. The quantitative estimate of drug-likeness (QED) is 0.706. The number of fused-ring (bicyclic) bond motifs is 1. The van der Waals surface area contributed by atoms with Crippen molar-refractivity contribution in [3.63, 3.8) is 0 Å². The lowest BCUT2D eigenvalue weighted by molar-refractivity contribution is 0.0725. The van der Waals surface area contributed by atoms with Gasteiger partial charge >= 0.3 is 0 Å². The molecule has 0 atom stereocenters. The van der Waals surface area contributed by atoms with E-state index in [1.165, 1.54) is 20.3 Å². The molecule has 0 spiro atoms.